The number of hydrogen-bond donors (Lipinski definition) is 0. The van der Waals surface area contributed by atoms with Crippen LogP contribution in [-0.2, 0) is 10.8 Å². The van der Waals surface area contributed by atoms with Crippen molar-refractivity contribution in [1.29, 1.82) is 0 Å². The number of anilines is 4. The number of hydrogen-bond acceptors (Lipinski definition) is 2. The van der Waals surface area contributed by atoms with Crippen LogP contribution in [0.2, 0.25) is 0 Å². The van der Waals surface area contributed by atoms with Gasteiger partial charge in [0.25, 0.3) is 0 Å². The van der Waals surface area contributed by atoms with Crippen molar-refractivity contribution in [3.8, 4) is 55.9 Å². The molecule has 0 radical (unpaired) electrons. The predicted molar refractivity (Wildman–Crippen MR) is 436 cm³/mol. The fraction of sp³-hybridized carbons (Fsp3) is 0.0400. The molecule has 0 spiro atoms. The van der Waals surface area contributed by atoms with Gasteiger partial charge in [-0.3, -0.25) is 0 Å². The minimum atomic E-state index is -0.436. The maximum absolute atomic E-state index is 2.46. The van der Waals surface area contributed by atoms with Crippen LogP contribution in [0.25, 0.3) is 99.5 Å². The Morgan fingerprint density at radius 2 is 0.462 bits per heavy atom. The molecule has 18 aromatic rings. The summed E-state index contributed by atoms with van der Waals surface area (Å²) >= 11 is 0. The third-order valence-electron chi connectivity index (χ3n) is 22.2. The highest BCUT2D eigenvalue weighted by molar-refractivity contribution is 6.13. The lowest BCUT2D eigenvalue weighted by molar-refractivity contribution is 0.769. The van der Waals surface area contributed by atoms with Gasteiger partial charge in [-0.25, -0.2) is 0 Å². The third-order valence-corrected chi connectivity index (χ3v) is 22.2. The van der Waals surface area contributed by atoms with Crippen LogP contribution in [0.3, 0.4) is 0 Å². The molecule has 16 aromatic carbocycles. The van der Waals surface area contributed by atoms with Gasteiger partial charge in [0.05, 0.1) is 32.9 Å². The summed E-state index contributed by atoms with van der Waals surface area (Å²) in [7, 11) is 4.29. The second-order valence-electron chi connectivity index (χ2n) is 27.6. The Bertz CT molecular complexity index is 5760. The van der Waals surface area contributed by atoms with Crippen LogP contribution >= 0.6 is 0 Å². The van der Waals surface area contributed by atoms with Gasteiger partial charge in [0, 0.05) is 69.8 Å². The number of nitrogens with zero attached hydrogens (tertiary/aromatic N) is 4. The summed E-state index contributed by atoms with van der Waals surface area (Å²) < 4.78 is 4.80. The molecule has 0 fully saturated rings. The van der Waals surface area contributed by atoms with Gasteiger partial charge in [-0.2, -0.15) is 0 Å². The fourth-order valence-electron chi connectivity index (χ4n) is 17.4. The highest BCUT2D eigenvalue weighted by Gasteiger charge is 2.48. The zero-order valence-electron chi connectivity index (χ0n) is 57.9. The molecular weight excluding hydrogens is 1260 g/mol. The molecule has 0 atom stereocenters. The van der Waals surface area contributed by atoms with E-state index in [2.05, 4.69) is 433 Å². The Labute approximate surface area is 607 Å². The smallest absolute Gasteiger partial charge is 0.0713 e. The minimum Gasteiger partial charge on any atom is -0.345 e. The molecule has 0 bridgehead atoms. The van der Waals surface area contributed by atoms with Gasteiger partial charge in [-0.1, -0.05) is 279 Å². The van der Waals surface area contributed by atoms with Crippen molar-refractivity contribution in [1.82, 2.24) is 9.13 Å². The van der Waals surface area contributed by atoms with E-state index in [4.69, 9.17) is 0 Å². The molecule has 2 aliphatic carbocycles. The predicted octanol–water partition coefficient (Wildman–Crippen LogP) is 25.2. The summed E-state index contributed by atoms with van der Waals surface area (Å²) in [6.45, 7) is 0. The van der Waals surface area contributed by atoms with E-state index in [9.17, 15) is 0 Å². The second kappa shape index (κ2) is 25.4. The molecule has 0 amide bonds. The molecule has 2 aromatic heterocycles. The lowest BCUT2D eigenvalue weighted by atomic mass is 9.67. The Hall–Kier alpha value is -13.3. The Morgan fingerprint density at radius 3 is 0.808 bits per heavy atom. The number of para-hydroxylation sites is 4. The van der Waals surface area contributed by atoms with E-state index in [0.29, 0.717) is 0 Å². The number of benzene rings is 16. The second-order valence-corrected chi connectivity index (χ2v) is 27.6. The first-order chi connectivity index (χ1) is 51.4. The quantitative estimate of drug-likeness (QED) is 0.121. The maximum Gasteiger partial charge on any atom is 0.0713 e. The minimum absolute atomic E-state index is 0.436. The number of rotatable bonds is 12. The van der Waals surface area contributed by atoms with E-state index in [1.807, 2.05) is 0 Å². The number of fused-ring (bicyclic) bond motifs is 12. The van der Waals surface area contributed by atoms with Crippen molar-refractivity contribution < 1.29 is 0 Å². The van der Waals surface area contributed by atoms with Gasteiger partial charge in [-0.05, 0) is 210 Å². The van der Waals surface area contributed by atoms with Gasteiger partial charge in [-0.15, -0.1) is 0 Å². The molecule has 492 valence electrons. The molecule has 4 nitrogen and oxygen atoms in total. The van der Waals surface area contributed by atoms with Gasteiger partial charge in [0.1, 0.15) is 0 Å². The fourth-order valence-corrected chi connectivity index (χ4v) is 17.4. The molecule has 0 aliphatic heterocycles. The molecule has 0 N–H and O–H groups in total. The Morgan fingerprint density at radius 1 is 0.202 bits per heavy atom. The van der Waals surface area contributed by atoms with E-state index in [1.54, 1.807) is 0 Å². The largest absolute Gasteiger partial charge is 0.345 e. The van der Waals surface area contributed by atoms with Crippen molar-refractivity contribution >= 4 is 66.4 Å². The van der Waals surface area contributed by atoms with Crippen molar-refractivity contribution in [2.45, 2.75) is 10.8 Å². The molecule has 104 heavy (non-hydrogen) atoms. The summed E-state index contributed by atoms with van der Waals surface area (Å²) in [5.41, 5.74) is 31.3. The van der Waals surface area contributed by atoms with Gasteiger partial charge < -0.3 is 18.9 Å². The average molecular weight is 1330 g/mol. The van der Waals surface area contributed by atoms with Crippen LogP contribution in [0.15, 0.2) is 400 Å². The number of aromatic nitrogens is 2. The van der Waals surface area contributed by atoms with Crippen molar-refractivity contribution in [2.75, 3.05) is 23.9 Å². The molecule has 4 heteroatoms. The molecule has 0 unspecified atom stereocenters. The maximum atomic E-state index is 2.46. The summed E-state index contributed by atoms with van der Waals surface area (Å²) in [5.74, 6) is 0. The van der Waals surface area contributed by atoms with E-state index in [-0.39, 0.29) is 0 Å². The Balaban J connectivity index is 0.000000143. The van der Waals surface area contributed by atoms with Crippen LogP contribution in [0.5, 0.6) is 0 Å². The van der Waals surface area contributed by atoms with Gasteiger partial charge >= 0.3 is 0 Å². The van der Waals surface area contributed by atoms with Crippen molar-refractivity contribution in [3.05, 3.63) is 445 Å². The summed E-state index contributed by atoms with van der Waals surface area (Å²) in [6.07, 6.45) is 0. The zero-order chi connectivity index (χ0) is 69.3. The first kappa shape index (κ1) is 61.8. The molecule has 20 rings (SSSR count). The molecule has 2 heterocycles. The first-order valence-electron chi connectivity index (χ1n) is 36.0. The molecule has 0 saturated carbocycles. The average Bonchev–Trinajstić information content (AvgIpc) is 1.53. The first-order valence-corrected chi connectivity index (χ1v) is 36.0. The van der Waals surface area contributed by atoms with Gasteiger partial charge in [0.15, 0.2) is 0 Å². The van der Waals surface area contributed by atoms with E-state index in [1.165, 1.54) is 133 Å². The monoisotopic (exact) mass is 1330 g/mol. The highest BCUT2D eigenvalue weighted by atomic mass is 15.1. The van der Waals surface area contributed by atoms with Crippen LogP contribution in [-0.4, -0.2) is 23.2 Å². The Kier molecular flexibility index (Phi) is 15.1. The van der Waals surface area contributed by atoms with Crippen molar-refractivity contribution in [2.24, 2.45) is 0 Å². The zero-order valence-corrected chi connectivity index (χ0v) is 57.9. The van der Waals surface area contributed by atoms with E-state index < -0.39 is 10.8 Å². The van der Waals surface area contributed by atoms with Crippen LogP contribution in [0, 0.1) is 0 Å². The SMILES string of the molecule is CN(c1ccccc1)c1ccc2c(c1)c1cc(-c3ccc4c(c3)C(c3ccccc3)(c3ccccc3)c3ccccc3-4)ccc1n2-c1ccccc1.CN(c1ccccc1)c1ccc2c(c1)c1cc(-c3ccc4c(c3)C(c3ccccc3)(c3ccccc3)c3ccccc3-4)ccc1n2-c1ccccc1. The van der Waals surface area contributed by atoms with E-state index in [0.717, 1.165) is 34.1 Å². The lowest BCUT2D eigenvalue weighted by Gasteiger charge is -2.34. The molecular formula is C100H72N4. The van der Waals surface area contributed by atoms with Crippen molar-refractivity contribution in [3.63, 3.8) is 0 Å². The normalized spacial score (nSPS) is 12.9. The van der Waals surface area contributed by atoms with Crippen LogP contribution in [0.4, 0.5) is 22.7 Å². The van der Waals surface area contributed by atoms with Crippen LogP contribution < -0.4 is 9.80 Å². The molecule has 0 saturated heterocycles. The molecule has 2 aliphatic rings. The van der Waals surface area contributed by atoms with Crippen LogP contribution in [0.1, 0.15) is 44.5 Å². The lowest BCUT2D eigenvalue weighted by Crippen LogP contribution is -2.28. The summed E-state index contributed by atoms with van der Waals surface area (Å²) in [6, 6.07) is 147. The summed E-state index contributed by atoms with van der Waals surface area (Å²) in [4.78, 5) is 4.53. The summed E-state index contributed by atoms with van der Waals surface area (Å²) in [5, 5.41) is 4.94. The third kappa shape index (κ3) is 9.89. The standard InChI is InChI=1S/2C50H36N2/c2*1-51(39-20-10-4-11-21-39)41-28-31-49-45(34-41)44-32-35(27-30-48(44)52(49)40-22-12-5-13-23-40)36-26-29-43-42-24-14-15-25-46(42)50(47(43)33-36,37-16-6-2-7-17-37)38-18-8-3-9-19-38/h2*2-34H,1H3. The van der Waals surface area contributed by atoms with E-state index >= 15 is 0 Å². The topological polar surface area (TPSA) is 16.3 Å². The highest BCUT2D eigenvalue weighted by Crippen LogP contribution is 2.59. The van der Waals surface area contributed by atoms with Gasteiger partial charge in [0.2, 0.25) is 0 Å².